The quantitative estimate of drug-likeness (QED) is 0.284. The smallest absolute Gasteiger partial charge is 0.201 e. The van der Waals surface area contributed by atoms with E-state index < -0.39 is 6.10 Å². The molecule has 8 heteroatoms. The summed E-state index contributed by atoms with van der Waals surface area (Å²) in [6, 6.07) is 5.48. The lowest BCUT2D eigenvalue weighted by Gasteiger charge is -2.40. The number of methoxy groups -OCH3 is 1. The third-order valence-electron chi connectivity index (χ3n) is 8.69. The van der Waals surface area contributed by atoms with Crippen LogP contribution in [0.25, 0.3) is 5.57 Å². The maximum absolute atomic E-state index is 14.0. The number of rotatable bonds is 6. The second-order valence-corrected chi connectivity index (χ2v) is 12.6. The number of carbonyl (C=O) groups excluding carboxylic acids is 1. The van der Waals surface area contributed by atoms with Crippen molar-refractivity contribution in [2.24, 2.45) is 11.0 Å². The van der Waals surface area contributed by atoms with E-state index in [-0.39, 0.29) is 41.4 Å². The minimum atomic E-state index is -0.482. The van der Waals surface area contributed by atoms with Crippen molar-refractivity contribution >= 4 is 17.1 Å². The van der Waals surface area contributed by atoms with Gasteiger partial charge in [-0.15, -0.1) is 0 Å². The van der Waals surface area contributed by atoms with Crippen molar-refractivity contribution in [1.29, 1.82) is 0 Å². The summed E-state index contributed by atoms with van der Waals surface area (Å²) in [6.45, 7) is 13.2. The number of ketones is 1. The van der Waals surface area contributed by atoms with Crippen molar-refractivity contribution in [3.05, 3.63) is 63.7 Å². The number of aromatic hydroxyl groups is 1. The Morgan fingerprint density at radius 2 is 1.98 bits per heavy atom. The van der Waals surface area contributed by atoms with Gasteiger partial charge in [0.05, 0.1) is 36.7 Å². The van der Waals surface area contributed by atoms with Gasteiger partial charge in [-0.2, -0.15) is 5.10 Å². The lowest BCUT2D eigenvalue weighted by atomic mass is 9.71. The molecule has 41 heavy (non-hydrogen) atoms. The third kappa shape index (κ3) is 5.29. The molecule has 1 heterocycles. The molecule has 0 spiro atoms. The number of likely N-dealkylation sites (tertiary alicyclic amines) is 1. The highest BCUT2D eigenvalue weighted by Gasteiger charge is 2.41. The molecule has 3 atom stereocenters. The summed E-state index contributed by atoms with van der Waals surface area (Å²) in [6.07, 6.45) is 3.58. The predicted octanol–water partition coefficient (Wildman–Crippen LogP) is 5.11. The number of phenols is 1. The number of hydrogen-bond donors (Lipinski definition) is 3. The van der Waals surface area contributed by atoms with Crippen molar-refractivity contribution in [2.75, 3.05) is 27.3 Å². The molecule has 1 aliphatic heterocycles. The van der Waals surface area contributed by atoms with Gasteiger partial charge >= 0.3 is 0 Å². The molecule has 2 unspecified atom stereocenters. The monoisotopic (exact) mass is 561 g/mol. The number of aliphatic hydroxyl groups excluding tert-OH is 1. The van der Waals surface area contributed by atoms with Crippen molar-refractivity contribution in [3.63, 3.8) is 0 Å². The number of fused-ring (bicyclic) bond motifs is 3. The van der Waals surface area contributed by atoms with Crippen LogP contribution in [0.4, 0.5) is 0 Å². The van der Waals surface area contributed by atoms with Crippen LogP contribution in [0.5, 0.6) is 11.5 Å². The first-order valence-corrected chi connectivity index (χ1v) is 14.6. The molecule has 5 rings (SSSR count). The van der Waals surface area contributed by atoms with Crippen LogP contribution >= 0.6 is 0 Å². The maximum Gasteiger partial charge on any atom is 0.201 e. The zero-order valence-electron chi connectivity index (χ0n) is 25.1. The molecule has 0 amide bonds. The van der Waals surface area contributed by atoms with Crippen LogP contribution in [0, 0.1) is 12.8 Å². The molecule has 0 bridgehead atoms. The molecule has 2 aromatic carbocycles. The highest BCUT2D eigenvalue weighted by molar-refractivity contribution is 6.22. The summed E-state index contributed by atoms with van der Waals surface area (Å²) in [5, 5.41) is 27.0. The first-order valence-electron chi connectivity index (χ1n) is 14.6. The minimum Gasteiger partial charge on any atom is -0.507 e. The Balaban J connectivity index is 1.67. The molecular weight excluding hydrogens is 518 g/mol. The largest absolute Gasteiger partial charge is 0.507 e. The Labute approximate surface area is 243 Å². The fourth-order valence-electron chi connectivity index (χ4n) is 6.58. The number of nitrogens with one attached hydrogen (secondary N) is 1. The van der Waals surface area contributed by atoms with E-state index in [4.69, 9.17) is 9.47 Å². The van der Waals surface area contributed by atoms with Gasteiger partial charge in [-0.3, -0.25) is 9.69 Å². The van der Waals surface area contributed by atoms with Crippen LogP contribution in [-0.4, -0.2) is 65.7 Å². The lowest BCUT2D eigenvalue weighted by Crippen LogP contribution is -2.41. The molecule has 2 aromatic rings. The molecule has 8 nitrogen and oxygen atoms in total. The number of ether oxygens (including phenoxy) is 2. The average Bonchev–Trinajstić information content (AvgIpc) is 2.94. The third-order valence-corrected chi connectivity index (χ3v) is 8.69. The van der Waals surface area contributed by atoms with E-state index in [1.807, 2.05) is 39.8 Å². The molecule has 220 valence electrons. The molecule has 0 radical (unpaired) electrons. The summed E-state index contributed by atoms with van der Waals surface area (Å²) in [5.74, 6) is 0.0321. The summed E-state index contributed by atoms with van der Waals surface area (Å²) < 4.78 is 12.3. The number of aliphatic hydroxyl groups is 1. The maximum atomic E-state index is 14.0. The van der Waals surface area contributed by atoms with Crippen molar-refractivity contribution in [3.8, 4) is 11.5 Å². The minimum absolute atomic E-state index is 0.0412. The van der Waals surface area contributed by atoms with Gasteiger partial charge in [0, 0.05) is 23.6 Å². The van der Waals surface area contributed by atoms with E-state index in [1.165, 1.54) is 0 Å². The van der Waals surface area contributed by atoms with Gasteiger partial charge in [0.2, 0.25) is 5.78 Å². The first-order chi connectivity index (χ1) is 19.5. The van der Waals surface area contributed by atoms with Crippen LogP contribution in [-0.2, 0) is 11.2 Å². The normalized spacial score (nSPS) is 23.1. The number of carbonyl (C=O) groups is 1. The molecule has 3 aliphatic rings. The standard InChI is InChI=1S/C33H43N3O5/c1-18-21-11-10-12-24(40-7)28(21)31(38)30-27(18)19(2)22-15-20(23(17-37)34-35-33(3,4)5)16-25(29(22)32(30)39)41-26-13-8-9-14-36(26)6/h10-12,20,25-26,35,37,39H,1,8-9,13-17H2,2-7H3/b34-23+/t20?,25-,26?/m0/s1. The number of hydrazone groups is 1. The van der Waals surface area contributed by atoms with Gasteiger partial charge in [0.15, 0.2) is 0 Å². The van der Waals surface area contributed by atoms with Gasteiger partial charge in [0.25, 0.3) is 0 Å². The van der Waals surface area contributed by atoms with E-state index in [1.54, 1.807) is 13.2 Å². The Hall–Kier alpha value is -3.20. The van der Waals surface area contributed by atoms with Crippen LogP contribution in [0.3, 0.4) is 0 Å². The highest BCUT2D eigenvalue weighted by atomic mass is 16.5. The molecule has 3 N–H and O–H groups in total. The van der Waals surface area contributed by atoms with Crippen LogP contribution < -0.4 is 10.2 Å². The zero-order valence-corrected chi connectivity index (χ0v) is 25.1. The Morgan fingerprint density at radius 3 is 2.63 bits per heavy atom. The molecule has 2 aliphatic carbocycles. The molecule has 0 aromatic heterocycles. The first kappa shape index (κ1) is 29.3. The van der Waals surface area contributed by atoms with Crippen LogP contribution in [0.2, 0.25) is 0 Å². The van der Waals surface area contributed by atoms with Crippen molar-refractivity contribution < 1.29 is 24.5 Å². The van der Waals surface area contributed by atoms with E-state index >= 15 is 0 Å². The number of benzene rings is 2. The van der Waals surface area contributed by atoms with Crippen molar-refractivity contribution in [1.82, 2.24) is 10.3 Å². The summed E-state index contributed by atoms with van der Waals surface area (Å²) in [5.41, 5.74) is 8.79. The summed E-state index contributed by atoms with van der Waals surface area (Å²) in [4.78, 5) is 16.3. The van der Waals surface area contributed by atoms with Gasteiger partial charge < -0.3 is 25.1 Å². The lowest BCUT2D eigenvalue weighted by molar-refractivity contribution is -0.115. The van der Waals surface area contributed by atoms with Crippen LogP contribution in [0.15, 0.2) is 29.9 Å². The molecular formula is C33H43N3O5. The molecule has 1 saturated heterocycles. The van der Waals surface area contributed by atoms with Gasteiger partial charge in [-0.1, -0.05) is 18.7 Å². The number of phenolic OH excluding ortho intramolecular Hbond substituents is 1. The fraction of sp³-hybridized carbons (Fsp3) is 0.515. The van der Waals surface area contributed by atoms with E-state index in [9.17, 15) is 15.0 Å². The van der Waals surface area contributed by atoms with E-state index in [0.29, 0.717) is 52.1 Å². The number of nitrogens with zero attached hydrogens (tertiary/aromatic N) is 2. The second-order valence-electron chi connectivity index (χ2n) is 12.6. The second kappa shape index (κ2) is 11.2. The Kier molecular flexibility index (Phi) is 8.03. The zero-order chi connectivity index (χ0) is 29.6. The van der Waals surface area contributed by atoms with Crippen LogP contribution in [0.1, 0.15) is 96.3 Å². The SMILES string of the molecule is C=C1c2cccc(OC)c2C(=O)c2c(O)c3c(c(C)c21)CC(/C(CO)=N/NC(C)(C)C)C[C@@H]3OC1CCCCN1C. The van der Waals surface area contributed by atoms with Gasteiger partial charge in [-0.05, 0) is 101 Å². The Morgan fingerprint density at radius 1 is 1.22 bits per heavy atom. The van der Waals surface area contributed by atoms with E-state index in [0.717, 1.165) is 36.9 Å². The number of hydrogen-bond acceptors (Lipinski definition) is 8. The number of piperidine rings is 1. The summed E-state index contributed by atoms with van der Waals surface area (Å²) >= 11 is 0. The van der Waals surface area contributed by atoms with E-state index in [2.05, 4.69) is 29.1 Å². The summed E-state index contributed by atoms with van der Waals surface area (Å²) in [7, 11) is 3.60. The Bertz CT molecular complexity index is 1410. The van der Waals surface area contributed by atoms with Crippen molar-refractivity contribution in [2.45, 2.75) is 77.7 Å². The van der Waals surface area contributed by atoms with Gasteiger partial charge in [0.1, 0.15) is 17.7 Å². The molecule has 1 fully saturated rings. The fourth-order valence-corrected chi connectivity index (χ4v) is 6.58. The average molecular weight is 562 g/mol. The topological polar surface area (TPSA) is 104 Å². The highest BCUT2D eigenvalue weighted by Crippen LogP contribution is 2.51. The molecule has 0 saturated carbocycles. The predicted molar refractivity (Wildman–Crippen MR) is 161 cm³/mol. The van der Waals surface area contributed by atoms with Gasteiger partial charge in [-0.25, -0.2) is 0 Å².